The summed E-state index contributed by atoms with van der Waals surface area (Å²) in [5.41, 5.74) is 3.54. The molecule has 1 aliphatic rings. The highest BCUT2D eigenvalue weighted by molar-refractivity contribution is 7.92. The van der Waals surface area contributed by atoms with Gasteiger partial charge in [-0.05, 0) is 69.2 Å². The van der Waals surface area contributed by atoms with Gasteiger partial charge in [0.2, 0.25) is 15.9 Å². The van der Waals surface area contributed by atoms with E-state index in [1.807, 2.05) is 19.9 Å². The number of fused-ring (bicyclic) bond motifs is 1. The number of aryl methyl sites for hydroxylation is 2. The molecule has 0 bridgehead atoms. The average molecular weight is 465 g/mol. The van der Waals surface area contributed by atoms with E-state index in [1.54, 1.807) is 19.1 Å². The lowest BCUT2D eigenvalue weighted by Crippen LogP contribution is -2.38. The predicted molar refractivity (Wildman–Crippen MR) is 124 cm³/mol. The number of carbonyl (C=O) groups is 2. The zero-order valence-corrected chi connectivity index (χ0v) is 19.9. The predicted octanol–water partition coefficient (Wildman–Crippen LogP) is 3.83. The molecule has 1 aromatic carbocycles. The third-order valence-electron chi connectivity index (χ3n) is 5.44. The molecular weight excluding hydrogens is 436 g/mol. The van der Waals surface area contributed by atoms with E-state index >= 15 is 0 Å². The zero-order valence-electron chi connectivity index (χ0n) is 18.3. The number of hydrogen-bond acceptors (Lipinski definition) is 6. The maximum atomic E-state index is 12.9. The first kappa shape index (κ1) is 23.3. The monoisotopic (exact) mass is 464 g/mol. The summed E-state index contributed by atoms with van der Waals surface area (Å²) in [6.45, 7) is 5.32. The Balaban J connectivity index is 1.91. The van der Waals surface area contributed by atoms with E-state index in [0.717, 1.165) is 57.8 Å². The van der Waals surface area contributed by atoms with Crippen molar-refractivity contribution in [2.45, 2.75) is 46.5 Å². The molecule has 0 radical (unpaired) electrons. The van der Waals surface area contributed by atoms with E-state index in [9.17, 15) is 18.0 Å². The number of hydrogen-bond donors (Lipinski definition) is 1. The van der Waals surface area contributed by atoms with Crippen molar-refractivity contribution >= 4 is 43.9 Å². The molecule has 0 unspecified atom stereocenters. The van der Waals surface area contributed by atoms with Crippen molar-refractivity contribution < 1.29 is 22.7 Å². The van der Waals surface area contributed by atoms with Crippen molar-refractivity contribution in [2.75, 3.05) is 29.0 Å². The van der Waals surface area contributed by atoms with Crippen LogP contribution >= 0.6 is 11.3 Å². The molecule has 3 rings (SSSR count). The van der Waals surface area contributed by atoms with Gasteiger partial charge in [-0.2, -0.15) is 0 Å². The molecule has 9 heteroatoms. The van der Waals surface area contributed by atoms with Crippen LogP contribution in [-0.4, -0.2) is 39.7 Å². The molecule has 1 amide bonds. The Hall–Kier alpha value is -2.39. The number of carbonyl (C=O) groups excluding carboxylic acids is 2. The second kappa shape index (κ2) is 9.40. The number of esters is 1. The van der Waals surface area contributed by atoms with Crippen LogP contribution in [-0.2, 0) is 32.4 Å². The Labute approximate surface area is 187 Å². The Kier molecular flexibility index (Phi) is 7.06. The molecule has 31 heavy (non-hydrogen) atoms. The Morgan fingerprint density at radius 2 is 1.90 bits per heavy atom. The molecule has 7 nitrogen and oxygen atoms in total. The maximum Gasteiger partial charge on any atom is 0.341 e. The van der Waals surface area contributed by atoms with Gasteiger partial charge in [-0.15, -0.1) is 11.3 Å². The van der Waals surface area contributed by atoms with E-state index in [4.69, 9.17) is 4.74 Å². The highest BCUT2D eigenvalue weighted by Crippen LogP contribution is 2.38. The summed E-state index contributed by atoms with van der Waals surface area (Å²) in [5, 5.41) is 3.22. The zero-order chi connectivity index (χ0) is 22.8. The fourth-order valence-electron chi connectivity index (χ4n) is 3.76. The summed E-state index contributed by atoms with van der Waals surface area (Å²) in [6.07, 6.45) is 4.74. The van der Waals surface area contributed by atoms with Crippen LogP contribution < -0.4 is 9.62 Å². The third-order valence-corrected chi connectivity index (χ3v) is 7.77. The van der Waals surface area contributed by atoms with E-state index in [0.29, 0.717) is 16.3 Å². The minimum absolute atomic E-state index is 0.241. The molecule has 0 aliphatic heterocycles. The molecule has 0 fully saturated rings. The molecule has 1 aliphatic carbocycles. The molecule has 1 N–H and O–H groups in total. The molecule has 1 heterocycles. The maximum absolute atomic E-state index is 12.9. The minimum atomic E-state index is -3.70. The summed E-state index contributed by atoms with van der Waals surface area (Å²) >= 11 is 1.38. The van der Waals surface area contributed by atoms with Gasteiger partial charge in [-0.1, -0.05) is 12.1 Å². The highest BCUT2D eigenvalue weighted by atomic mass is 32.2. The van der Waals surface area contributed by atoms with Gasteiger partial charge in [-0.3, -0.25) is 9.10 Å². The van der Waals surface area contributed by atoms with Crippen LogP contribution in [0, 0.1) is 13.8 Å². The first-order chi connectivity index (χ1) is 14.6. The van der Waals surface area contributed by atoms with Gasteiger partial charge in [-0.25, -0.2) is 13.2 Å². The summed E-state index contributed by atoms with van der Waals surface area (Å²) in [4.78, 5) is 26.6. The van der Waals surface area contributed by atoms with Gasteiger partial charge >= 0.3 is 5.97 Å². The number of amides is 1. The molecule has 168 valence electrons. The largest absolute Gasteiger partial charge is 0.462 e. The fraction of sp³-hybridized carbons (Fsp3) is 0.455. The van der Waals surface area contributed by atoms with E-state index in [2.05, 4.69) is 5.32 Å². The molecule has 0 saturated carbocycles. The number of anilines is 2. The standard InChI is InChI=1S/C22H28N2O5S2/c1-5-29-22(26)20-16-10-6-7-12-18(16)30-21(20)23-19(25)13-24(31(4,27)28)17-11-8-9-14(2)15(17)3/h8-9,11H,5-7,10,12-13H2,1-4H3,(H,23,25). The lowest BCUT2D eigenvalue weighted by atomic mass is 9.95. The second-order valence-corrected chi connectivity index (χ2v) is 10.7. The fourth-order valence-corrected chi connectivity index (χ4v) is 5.96. The number of nitrogens with one attached hydrogen (secondary N) is 1. The molecule has 0 saturated heterocycles. The Morgan fingerprint density at radius 1 is 1.19 bits per heavy atom. The van der Waals surface area contributed by atoms with Crippen LogP contribution in [0.25, 0.3) is 0 Å². The van der Waals surface area contributed by atoms with Crippen LogP contribution in [0.5, 0.6) is 0 Å². The van der Waals surface area contributed by atoms with Crippen LogP contribution in [0.4, 0.5) is 10.7 Å². The van der Waals surface area contributed by atoms with Crippen molar-refractivity contribution in [3.63, 3.8) is 0 Å². The molecule has 1 aromatic heterocycles. The summed E-state index contributed by atoms with van der Waals surface area (Å²) in [6, 6.07) is 5.34. The van der Waals surface area contributed by atoms with Crippen molar-refractivity contribution in [1.82, 2.24) is 0 Å². The molecule has 0 atom stereocenters. The highest BCUT2D eigenvalue weighted by Gasteiger charge is 2.29. The lowest BCUT2D eigenvalue weighted by Gasteiger charge is -2.24. The van der Waals surface area contributed by atoms with Crippen molar-refractivity contribution in [2.24, 2.45) is 0 Å². The third kappa shape index (κ3) is 5.10. The van der Waals surface area contributed by atoms with E-state index in [1.165, 1.54) is 11.3 Å². The molecule has 0 spiro atoms. The van der Waals surface area contributed by atoms with Crippen molar-refractivity contribution in [3.8, 4) is 0 Å². The number of thiophene rings is 1. The summed E-state index contributed by atoms with van der Waals surface area (Å²) in [7, 11) is -3.70. The minimum Gasteiger partial charge on any atom is -0.462 e. The Bertz CT molecular complexity index is 1110. The Morgan fingerprint density at radius 3 is 2.58 bits per heavy atom. The van der Waals surface area contributed by atoms with Gasteiger partial charge in [0.15, 0.2) is 0 Å². The normalized spacial score (nSPS) is 13.4. The number of ether oxygens (including phenoxy) is 1. The van der Waals surface area contributed by atoms with Crippen LogP contribution in [0.3, 0.4) is 0 Å². The van der Waals surface area contributed by atoms with Crippen molar-refractivity contribution in [3.05, 3.63) is 45.3 Å². The molecule has 2 aromatic rings. The van der Waals surface area contributed by atoms with Crippen molar-refractivity contribution in [1.29, 1.82) is 0 Å². The van der Waals surface area contributed by atoms with Crippen LogP contribution in [0.1, 0.15) is 51.7 Å². The summed E-state index contributed by atoms with van der Waals surface area (Å²) in [5.74, 6) is -0.956. The number of benzene rings is 1. The van der Waals surface area contributed by atoms with Gasteiger partial charge in [0.05, 0.1) is 24.1 Å². The smallest absolute Gasteiger partial charge is 0.341 e. The van der Waals surface area contributed by atoms with Crippen LogP contribution in [0.15, 0.2) is 18.2 Å². The number of sulfonamides is 1. The second-order valence-electron chi connectivity index (χ2n) is 7.67. The first-order valence-electron chi connectivity index (χ1n) is 10.3. The SMILES string of the molecule is CCOC(=O)c1c(NC(=O)CN(c2cccc(C)c2C)S(C)(=O)=O)sc2c1CCCC2. The average Bonchev–Trinajstić information content (AvgIpc) is 3.05. The van der Waals surface area contributed by atoms with Crippen LogP contribution in [0.2, 0.25) is 0 Å². The molecular formula is C22H28N2O5S2. The first-order valence-corrected chi connectivity index (χ1v) is 12.9. The topological polar surface area (TPSA) is 92.8 Å². The van der Waals surface area contributed by atoms with E-state index in [-0.39, 0.29) is 13.2 Å². The summed E-state index contributed by atoms with van der Waals surface area (Å²) < 4.78 is 31.3. The number of nitrogens with zero attached hydrogens (tertiary/aromatic N) is 1. The van der Waals surface area contributed by atoms with E-state index < -0.39 is 21.9 Å². The van der Waals surface area contributed by atoms with Gasteiger partial charge in [0, 0.05) is 4.88 Å². The quantitative estimate of drug-likeness (QED) is 0.629. The van der Waals surface area contributed by atoms with Gasteiger partial charge in [0.25, 0.3) is 0 Å². The van der Waals surface area contributed by atoms with Gasteiger partial charge in [0.1, 0.15) is 11.5 Å². The lowest BCUT2D eigenvalue weighted by molar-refractivity contribution is -0.114. The van der Waals surface area contributed by atoms with Gasteiger partial charge < -0.3 is 10.1 Å². The number of rotatable bonds is 7.